The summed E-state index contributed by atoms with van der Waals surface area (Å²) in [7, 11) is 0. The maximum Gasteiger partial charge on any atom is 0.407 e. The first kappa shape index (κ1) is 26.5. The van der Waals surface area contributed by atoms with Crippen LogP contribution in [0.15, 0.2) is 48.5 Å². The molecule has 0 spiro atoms. The van der Waals surface area contributed by atoms with E-state index >= 15 is 0 Å². The van der Waals surface area contributed by atoms with Crippen LogP contribution in [0.1, 0.15) is 61.7 Å². The van der Waals surface area contributed by atoms with E-state index in [4.69, 9.17) is 4.74 Å². The van der Waals surface area contributed by atoms with E-state index in [1.165, 1.54) is 0 Å². The molecule has 38 heavy (non-hydrogen) atoms. The predicted molar refractivity (Wildman–Crippen MR) is 140 cm³/mol. The maximum atomic E-state index is 12.3. The summed E-state index contributed by atoms with van der Waals surface area (Å²) in [5.41, 5.74) is 3.36. The van der Waals surface area contributed by atoms with Gasteiger partial charge in [0.05, 0.1) is 12.2 Å². The summed E-state index contributed by atoms with van der Waals surface area (Å²) in [6.07, 6.45) is 0.765. The molecule has 2 aromatic carbocycles. The van der Waals surface area contributed by atoms with Crippen molar-refractivity contribution in [1.82, 2.24) is 35.5 Å². The maximum absolute atomic E-state index is 12.3. The van der Waals surface area contributed by atoms with E-state index in [0.29, 0.717) is 24.6 Å². The number of imidazole rings is 1. The van der Waals surface area contributed by atoms with Crippen LogP contribution in [0, 0.1) is 0 Å². The summed E-state index contributed by atoms with van der Waals surface area (Å²) < 4.78 is 6.98. The minimum absolute atomic E-state index is 0.0495. The van der Waals surface area contributed by atoms with E-state index in [1.54, 1.807) is 25.3 Å². The molecule has 0 saturated carbocycles. The molecule has 0 aliphatic heterocycles. The molecule has 0 fully saturated rings. The van der Waals surface area contributed by atoms with Gasteiger partial charge in [0.1, 0.15) is 11.4 Å². The second-order valence-electron chi connectivity index (χ2n) is 9.80. The molecule has 11 heteroatoms. The molecule has 2 aromatic heterocycles. The number of benzene rings is 2. The minimum atomic E-state index is -1.11. The number of carbonyl (C=O) groups is 2. The van der Waals surface area contributed by atoms with E-state index in [0.717, 1.165) is 28.7 Å². The summed E-state index contributed by atoms with van der Waals surface area (Å²) in [5, 5.41) is 27.0. The van der Waals surface area contributed by atoms with Crippen molar-refractivity contribution in [2.24, 2.45) is 0 Å². The second kappa shape index (κ2) is 11.2. The van der Waals surface area contributed by atoms with Gasteiger partial charge in [0.25, 0.3) is 0 Å². The molecule has 3 N–H and O–H groups in total. The number of aromatic amines is 1. The van der Waals surface area contributed by atoms with Gasteiger partial charge in [-0.2, -0.15) is 5.21 Å². The first-order valence-corrected chi connectivity index (χ1v) is 12.4. The van der Waals surface area contributed by atoms with Gasteiger partial charge in [-0.1, -0.05) is 55.5 Å². The number of carboxylic acids is 1. The van der Waals surface area contributed by atoms with Crippen molar-refractivity contribution in [2.75, 3.05) is 0 Å². The van der Waals surface area contributed by atoms with Crippen LogP contribution in [0.25, 0.3) is 22.5 Å². The molecule has 0 atom stereocenters. The Hall–Kier alpha value is -4.54. The zero-order valence-electron chi connectivity index (χ0n) is 21.9. The smallest absolute Gasteiger partial charge is 0.407 e. The van der Waals surface area contributed by atoms with Gasteiger partial charge in [0.2, 0.25) is 5.82 Å². The number of aromatic nitrogens is 6. The molecule has 4 rings (SSSR count). The number of carbonyl (C=O) groups excluding carboxylic acids is 1. The number of amides is 1. The van der Waals surface area contributed by atoms with E-state index in [2.05, 4.69) is 30.9 Å². The number of nitrogens with one attached hydrogen (secondary N) is 2. The monoisotopic (exact) mass is 517 g/mol. The van der Waals surface area contributed by atoms with Crippen LogP contribution in [-0.2, 0) is 24.2 Å². The second-order valence-corrected chi connectivity index (χ2v) is 9.80. The van der Waals surface area contributed by atoms with Gasteiger partial charge in [0, 0.05) is 18.5 Å². The summed E-state index contributed by atoms with van der Waals surface area (Å²) in [6.45, 7) is 7.57. The first-order chi connectivity index (χ1) is 18.2. The Balaban J connectivity index is 1.60. The number of H-pyrrole nitrogens is 1. The average molecular weight is 518 g/mol. The fourth-order valence-corrected chi connectivity index (χ4v) is 4.15. The highest BCUT2D eigenvalue weighted by atomic mass is 16.6. The molecule has 0 aliphatic rings. The number of nitrogens with zero attached hydrogens (tertiary/aromatic N) is 5. The van der Waals surface area contributed by atoms with Crippen molar-refractivity contribution in [3.05, 3.63) is 71.3 Å². The van der Waals surface area contributed by atoms with E-state index in [-0.39, 0.29) is 17.9 Å². The van der Waals surface area contributed by atoms with Crippen LogP contribution in [0.5, 0.6) is 0 Å². The number of alkyl carbamates (subject to hydrolysis) is 1. The van der Waals surface area contributed by atoms with Gasteiger partial charge in [0.15, 0.2) is 5.69 Å². The van der Waals surface area contributed by atoms with Crippen molar-refractivity contribution in [3.8, 4) is 22.5 Å². The number of aromatic carboxylic acids is 1. The topological polar surface area (TPSA) is 148 Å². The fourth-order valence-electron chi connectivity index (χ4n) is 4.15. The van der Waals surface area contributed by atoms with Gasteiger partial charge < -0.3 is 19.7 Å². The van der Waals surface area contributed by atoms with E-state index < -0.39 is 17.7 Å². The Kier molecular flexibility index (Phi) is 7.85. The lowest BCUT2D eigenvalue weighted by Gasteiger charge is -2.19. The normalized spacial score (nSPS) is 11.4. The number of aryl methyl sites for hydroxylation is 1. The average Bonchev–Trinajstić information content (AvgIpc) is 3.51. The molecule has 198 valence electrons. The Morgan fingerprint density at radius 3 is 2.39 bits per heavy atom. The predicted octanol–water partition coefficient (Wildman–Crippen LogP) is 4.45. The molecule has 0 unspecified atom stereocenters. The number of rotatable bonds is 9. The Bertz CT molecular complexity index is 1400. The van der Waals surface area contributed by atoms with Crippen molar-refractivity contribution in [1.29, 1.82) is 0 Å². The van der Waals surface area contributed by atoms with Gasteiger partial charge in [-0.05, 0) is 49.1 Å². The standard InChI is InChI=1S/C27H31N7O4/c1-5-8-22-29-21(15-28-26(37)38-27(2,3)4)23(25(35)36)34(22)16-17-11-13-18(14-12-17)19-9-6-7-10-20(19)24-30-32-33-31-24/h6-7,9-14H,5,8,15-16H2,1-4H3,(H,28,37)(H,35,36)(H,30,31,32,33). The van der Waals surface area contributed by atoms with Gasteiger partial charge in [-0.3, -0.25) is 0 Å². The highest BCUT2D eigenvalue weighted by molar-refractivity contribution is 5.87. The molecule has 4 aromatic rings. The number of ether oxygens (including phenoxy) is 1. The third-order valence-corrected chi connectivity index (χ3v) is 5.71. The summed E-state index contributed by atoms with van der Waals surface area (Å²) in [6, 6.07) is 15.7. The number of hydrogen-bond acceptors (Lipinski definition) is 7. The third-order valence-electron chi connectivity index (χ3n) is 5.71. The summed E-state index contributed by atoms with van der Waals surface area (Å²) in [5.74, 6) is 0.0508. The molecule has 0 radical (unpaired) electrons. The molecular weight excluding hydrogens is 486 g/mol. The molecule has 11 nitrogen and oxygen atoms in total. The Morgan fingerprint density at radius 1 is 1.08 bits per heavy atom. The molecule has 2 heterocycles. The fraction of sp³-hybridized carbons (Fsp3) is 0.333. The van der Waals surface area contributed by atoms with Crippen LogP contribution < -0.4 is 5.32 Å². The van der Waals surface area contributed by atoms with Gasteiger partial charge in [-0.25, -0.2) is 14.6 Å². The lowest BCUT2D eigenvalue weighted by atomic mass is 9.98. The summed E-state index contributed by atoms with van der Waals surface area (Å²) in [4.78, 5) is 29.0. The number of hydrogen-bond donors (Lipinski definition) is 3. The zero-order valence-corrected chi connectivity index (χ0v) is 21.9. The van der Waals surface area contributed by atoms with Crippen molar-refractivity contribution in [3.63, 3.8) is 0 Å². The largest absolute Gasteiger partial charge is 0.477 e. The number of carboxylic acid groups (broad SMARTS) is 1. The quantitative estimate of drug-likeness (QED) is 0.295. The highest BCUT2D eigenvalue weighted by Crippen LogP contribution is 2.30. The van der Waals surface area contributed by atoms with E-state index in [9.17, 15) is 14.7 Å². The van der Waals surface area contributed by atoms with Crippen molar-refractivity contribution >= 4 is 12.1 Å². The third kappa shape index (κ3) is 6.23. The van der Waals surface area contributed by atoms with Crippen LogP contribution >= 0.6 is 0 Å². The minimum Gasteiger partial charge on any atom is -0.477 e. The van der Waals surface area contributed by atoms with E-state index in [1.807, 2.05) is 55.5 Å². The molecule has 1 amide bonds. The molecule has 0 saturated heterocycles. The SMILES string of the molecule is CCCc1nc(CNC(=O)OC(C)(C)C)c(C(=O)O)n1Cc1ccc(-c2ccccc2-c2nn[nH]n2)cc1. The van der Waals surface area contributed by atoms with Crippen LogP contribution in [-0.4, -0.2) is 52.9 Å². The van der Waals surface area contributed by atoms with Crippen LogP contribution in [0.4, 0.5) is 4.79 Å². The lowest BCUT2D eigenvalue weighted by Crippen LogP contribution is -2.32. The zero-order chi connectivity index (χ0) is 27.3. The van der Waals surface area contributed by atoms with Crippen LogP contribution in [0.2, 0.25) is 0 Å². The highest BCUT2D eigenvalue weighted by Gasteiger charge is 2.24. The van der Waals surface area contributed by atoms with Crippen molar-refractivity contribution in [2.45, 2.75) is 59.2 Å². The number of tetrazole rings is 1. The van der Waals surface area contributed by atoms with Crippen LogP contribution in [0.3, 0.4) is 0 Å². The molecule has 0 aliphatic carbocycles. The van der Waals surface area contributed by atoms with Crippen molar-refractivity contribution < 1.29 is 19.4 Å². The Morgan fingerprint density at radius 2 is 1.79 bits per heavy atom. The Labute approximate surface area is 220 Å². The molecule has 0 bridgehead atoms. The lowest BCUT2D eigenvalue weighted by molar-refractivity contribution is 0.0520. The van der Waals surface area contributed by atoms with Gasteiger partial charge >= 0.3 is 12.1 Å². The van der Waals surface area contributed by atoms with Gasteiger partial charge in [-0.15, -0.1) is 10.2 Å². The summed E-state index contributed by atoms with van der Waals surface area (Å²) >= 11 is 0. The first-order valence-electron chi connectivity index (χ1n) is 12.4. The molecular formula is C27H31N7O4.